The maximum absolute atomic E-state index is 9.58. The summed E-state index contributed by atoms with van der Waals surface area (Å²) in [6.45, 7) is 4.15. The van der Waals surface area contributed by atoms with Gasteiger partial charge in [-0.1, -0.05) is 6.07 Å². The van der Waals surface area contributed by atoms with Crippen molar-refractivity contribution in [1.82, 2.24) is 4.90 Å². The van der Waals surface area contributed by atoms with Crippen molar-refractivity contribution in [3.63, 3.8) is 0 Å². The Morgan fingerprint density at radius 3 is 2.80 bits per heavy atom. The third-order valence-electron chi connectivity index (χ3n) is 2.63. The summed E-state index contributed by atoms with van der Waals surface area (Å²) in [7, 11) is 0. The smallest absolute Gasteiger partial charge is 0.141 e. The highest BCUT2D eigenvalue weighted by atomic mass is 16.3. The molecule has 0 bridgehead atoms. The largest absolute Gasteiger partial charge is 0.506 e. The van der Waals surface area contributed by atoms with Crippen LogP contribution < -0.4 is 0 Å². The number of nitrogens with zero attached hydrogens (tertiary/aromatic N) is 2. The number of phenols is 1. The van der Waals surface area contributed by atoms with E-state index in [0.717, 1.165) is 18.7 Å². The second-order valence-electron chi connectivity index (χ2n) is 3.98. The fourth-order valence-corrected chi connectivity index (χ4v) is 1.74. The van der Waals surface area contributed by atoms with Crippen molar-refractivity contribution in [2.24, 2.45) is 4.99 Å². The van der Waals surface area contributed by atoms with Gasteiger partial charge in [0.15, 0.2) is 0 Å². The quantitative estimate of drug-likeness (QED) is 0.593. The van der Waals surface area contributed by atoms with Gasteiger partial charge in [-0.2, -0.15) is 0 Å². The fraction of sp³-hybridized carbons (Fsp3) is 0.417. The van der Waals surface area contributed by atoms with E-state index in [1.54, 1.807) is 6.07 Å². The van der Waals surface area contributed by atoms with Crippen LogP contribution in [-0.4, -0.2) is 29.4 Å². The number of likely N-dealkylation sites (tertiary alicyclic amines) is 1. The lowest BCUT2D eigenvalue weighted by Gasteiger charge is -2.09. The van der Waals surface area contributed by atoms with E-state index >= 15 is 0 Å². The zero-order chi connectivity index (χ0) is 10.7. The summed E-state index contributed by atoms with van der Waals surface area (Å²) in [5.41, 5.74) is 1.77. The Labute approximate surface area is 90.1 Å². The number of aliphatic imine (C=N–C) groups is 1. The van der Waals surface area contributed by atoms with Crippen LogP contribution in [0.2, 0.25) is 0 Å². The molecule has 3 heteroatoms. The molecule has 3 nitrogen and oxygen atoms in total. The second-order valence-corrected chi connectivity index (χ2v) is 3.98. The summed E-state index contributed by atoms with van der Waals surface area (Å²) in [6, 6.07) is 5.46. The summed E-state index contributed by atoms with van der Waals surface area (Å²) < 4.78 is 0. The van der Waals surface area contributed by atoms with E-state index in [1.807, 2.05) is 25.4 Å². The molecule has 80 valence electrons. The SMILES string of the molecule is Cc1ccc(O)c(N=CN2CCCC2)c1. The highest BCUT2D eigenvalue weighted by Gasteiger charge is 2.07. The number of aryl methyl sites for hydroxylation is 1. The predicted octanol–water partition coefficient (Wildman–Crippen LogP) is 2.46. The van der Waals surface area contributed by atoms with E-state index in [0.29, 0.717) is 5.69 Å². The minimum atomic E-state index is 0.246. The molecule has 0 aliphatic carbocycles. The Morgan fingerprint density at radius 2 is 2.07 bits per heavy atom. The highest BCUT2D eigenvalue weighted by molar-refractivity contribution is 5.65. The summed E-state index contributed by atoms with van der Waals surface area (Å²) >= 11 is 0. The lowest BCUT2D eigenvalue weighted by atomic mass is 10.2. The van der Waals surface area contributed by atoms with Crippen molar-refractivity contribution in [3.8, 4) is 5.75 Å². The van der Waals surface area contributed by atoms with E-state index in [4.69, 9.17) is 0 Å². The van der Waals surface area contributed by atoms with Gasteiger partial charge in [-0.05, 0) is 37.5 Å². The number of rotatable bonds is 2. The van der Waals surface area contributed by atoms with E-state index in [2.05, 4.69) is 9.89 Å². The highest BCUT2D eigenvalue weighted by Crippen LogP contribution is 2.26. The van der Waals surface area contributed by atoms with Crippen LogP contribution in [0.1, 0.15) is 18.4 Å². The number of hydrogen-bond donors (Lipinski definition) is 1. The average Bonchev–Trinajstić information content (AvgIpc) is 2.72. The van der Waals surface area contributed by atoms with Gasteiger partial charge in [-0.15, -0.1) is 0 Å². The van der Waals surface area contributed by atoms with Crippen molar-refractivity contribution in [3.05, 3.63) is 23.8 Å². The Bertz CT molecular complexity index is 368. The molecule has 0 saturated carbocycles. The van der Waals surface area contributed by atoms with Crippen LogP contribution >= 0.6 is 0 Å². The Hall–Kier alpha value is -1.51. The lowest BCUT2D eigenvalue weighted by Crippen LogP contribution is -2.15. The standard InChI is InChI=1S/C12H16N2O/c1-10-4-5-12(15)11(8-10)13-9-14-6-2-3-7-14/h4-5,8-9,15H,2-3,6-7H2,1H3. The molecule has 0 amide bonds. The first kappa shape index (κ1) is 10.0. The molecule has 0 aromatic heterocycles. The number of benzene rings is 1. The molecule has 1 saturated heterocycles. The Balaban J connectivity index is 2.11. The van der Waals surface area contributed by atoms with Crippen molar-refractivity contribution < 1.29 is 5.11 Å². The van der Waals surface area contributed by atoms with Gasteiger partial charge in [0.2, 0.25) is 0 Å². The van der Waals surface area contributed by atoms with Gasteiger partial charge in [0.25, 0.3) is 0 Å². The fourth-order valence-electron chi connectivity index (χ4n) is 1.74. The summed E-state index contributed by atoms with van der Waals surface area (Å²) in [5, 5.41) is 9.58. The van der Waals surface area contributed by atoms with Crippen LogP contribution in [0.3, 0.4) is 0 Å². The van der Waals surface area contributed by atoms with Gasteiger partial charge in [-0.3, -0.25) is 0 Å². The van der Waals surface area contributed by atoms with Gasteiger partial charge in [0, 0.05) is 13.1 Å². The molecule has 1 heterocycles. The molecule has 0 unspecified atom stereocenters. The number of aromatic hydroxyl groups is 1. The van der Waals surface area contributed by atoms with Gasteiger partial charge >= 0.3 is 0 Å². The molecule has 0 atom stereocenters. The third-order valence-corrected chi connectivity index (χ3v) is 2.63. The lowest BCUT2D eigenvalue weighted by molar-refractivity contribution is 0.476. The van der Waals surface area contributed by atoms with E-state index < -0.39 is 0 Å². The minimum Gasteiger partial charge on any atom is -0.506 e. The third kappa shape index (κ3) is 2.49. The molecule has 1 aromatic rings. The van der Waals surface area contributed by atoms with Crippen LogP contribution in [0.15, 0.2) is 23.2 Å². The minimum absolute atomic E-state index is 0.246. The summed E-state index contributed by atoms with van der Waals surface area (Å²) in [5.74, 6) is 0.246. The molecule has 1 aliphatic heterocycles. The average molecular weight is 204 g/mol. The Kier molecular flexibility index (Phi) is 2.90. The normalized spacial score (nSPS) is 16.5. The topological polar surface area (TPSA) is 35.8 Å². The maximum Gasteiger partial charge on any atom is 0.141 e. The zero-order valence-electron chi connectivity index (χ0n) is 8.98. The monoisotopic (exact) mass is 204 g/mol. The molecule has 2 rings (SSSR count). The zero-order valence-corrected chi connectivity index (χ0v) is 8.98. The molecule has 1 N–H and O–H groups in total. The summed E-state index contributed by atoms with van der Waals surface area (Å²) in [4.78, 5) is 6.48. The van der Waals surface area contributed by atoms with Crippen LogP contribution in [0.25, 0.3) is 0 Å². The first-order chi connectivity index (χ1) is 7.25. The molecular formula is C12H16N2O. The number of phenolic OH excluding ortho intramolecular Hbond substituents is 1. The molecule has 1 fully saturated rings. The van der Waals surface area contributed by atoms with Gasteiger partial charge in [-0.25, -0.2) is 4.99 Å². The van der Waals surface area contributed by atoms with Crippen LogP contribution in [0.4, 0.5) is 5.69 Å². The molecule has 15 heavy (non-hydrogen) atoms. The van der Waals surface area contributed by atoms with Crippen LogP contribution in [0.5, 0.6) is 5.75 Å². The first-order valence-corrected chi connectivity index (χ1v) is 5.33. The van der Waals surface area contributed by atoms with Gasteiger partial charge in [0.05, 0.1) is 6.34 Å². The van der Waals surface area contributed by atoms with Crippen molar-refractivity contribution in [2.75, 3.05) is 13.1 Å². The van der Waals surface area contributed by atoms with Gasteiger partial charge < -0.3 is 10.0 Å². The van der Waals surface area contributed by atoms with Crippen molar-refractivity contribution in [2.45, 2.75) is 19.8 Å². The predicted molar refractivity (Wildman–Crippen MR) is 61.8 cm³/mol. The first-order valence-electron chi connectivity index (χ1n) is 5.33. The molecular weight excluding hydrogens is 188 g/mol. The van der Waals surface area contributed by atoms with Gasteiger partial charge in [0.1, 0.15) is 11.4 Å². The van der Waals surface area contributed by atoms with Crippen LogP contribution in [-0.2, 0) is 0 Å². The summed E-state index contributed by atoms with van der Waals surface area (Å²) in [6.07, 6.45) is 4.32. The number of hydrogen-bond acceptors (Lipinski definition) is 2. The van der Waals surface area contributed by atoms with Crippen molar-refractivity contribution in [1.29, 1.82) is 0 Å². The molecule has 0 spiro atoms. The van der Waals surface area contributed by atoms with E-state index in [9.17, 15) is 5.11 Å². The maximum atomic E-state index is 9.58. The molecule has 0 radical (unpaired) electrons. The van der Waals surface area contributed by atoms with Crippen LogP contribution in [0, 0.1) is 6.92 Å². The molecule has 1 aliphatic rings. The van der Waals surface area contributed by atoms with Crippen molar-refractivity contribution >= 4 is 12.0 Å². The van der Waals surface area contributed by atoms with E-state index in [-0.39, 0.29) is 5.75 Å². The Morgan fingerprint density at radius 1 is 1.33 bits per heavy atom. The molecule has 1 aromatic carbocycles. The second kappa shape index (κ2) is 4.34. The van der Waals surface area contributed by atoms with E-state index in [1.165, 1.54) is 12.8 Å².